The first-order valence-electron chi connectivity index (χ1n) is 10.8. The molecule has 0 spiro atoms. The Morgan fingerprint density at radius 3 is 2.32 bits per heavy atom. The van der Waals surface area contributed by atoms with Gasteiger partial charge in [0, 0.05) is 18.6 Å². The summed E-state index contributed by atoms with van der Waals surface area (Å²) in [5.74, 6) is -1.37. The third kappa shape index (κ3) is 8.63. The van der Waals surface area contributed by atoms with Crippen LogP contribution >= 0.6 is 0 Å². The normalized spacial score (nSPS) is 35.8. The average Bonchev–Trinajstić information content (AvgIpc) is 2.71. The predicted molar refractivity (Wildman–Crippen MR) is 101 cm³/mol. The van der Waals surface area contributed by atoms with Gasteiger partial charge < -0.3 is 10.1 Å². The van der Waals surface area contributed by atoms with E-state index in [1.807, 2.05) is 0 Å². The van der Waals surface area contributed by atoms with E-state index in [9.17, 15) is 26.3 Å². The first-order valence-corrected chi connectivity index (χ1v) is 10.8. The molecule has 2 saturated heterocycles. The van der Waals surface area contributed by atoms with E-state index in [0.29, 0.717) is 19.4 Å². The SMILES string of the molecule is FC(F)(F)COC1NC(NCC2CCCCN2)NC(NC2CCCC(C(F)(F)F)C2)N1. The molecular formula is C18H32F6N6O. The van der Waals surface area contributed by atoms with Gasteiger partial charge in [0.05, 0.1) is 5.92 Å². The van der Waals surface area contributed by atoms with Crippen molar-refractivity contribution >= 4 is 0 Å². The number of ether oxygens (including phenoxy) is 1. The highest BCUT2D eigenvalue weighted by molar-refractivity contribution is 4.86. The number of hydrogen-bond donors (Lipinski definition) is 6. The van der Waals surface area contributed by atoms with Crippen molar-refractivity contribution in [3.63, 3.8) is 0 Å². The maximum Gasteiger partial charge on any atom is 0.411 e. The second-order valence-electron chi connectivity index (χ2n) is 8.50. The van der Waals surface area contributed by atoms with Crippen LogP contribution in [0.15, 0.2) is 0 Å². The van der Waals surface area contributed by atoms with Crippen LogP contribution < -0.4 is 31.9 Å². The third-order valence-corrected chi connectivity index (χ3v) is 5.90. The second-order valence-corrected chi connectivity index (χ2v) is 8.50. The number of alkyl halides is 6. The Balaban J connectivity index is 1.55. The zero-order valence-corrected chi connectivity index (χ0v) is 17.2. The number of halogens is 6. The van der Waals surface area contributed by atoms with Crippen LogP contribution in [0.3, 0.4) is 0 Å². The summed E-state index contributed by atoms with van der Waals surface area (Å²) in [6.45, 7) is 0.0623. The van der Waals surface area contributed by atoms with Gasteiger partial charge in [0.1, 0.15) is 19.2 Å². The van der Waals surface area contributed by atoms with Gasteiger partial charge in [-0.05, 0) is 38.6 Å². The highest BCUT2D eigenvalue weighted by Crippen LogP contribution is 2.37. The fraction of sp³-hybridized carbons (Fsp3) is 1.00. The zero-order chi connectivity index (χ0) is 22.5. The Morgan fingerprint density at radius 1 is 0.871 bits per heavy atom. The van der Waals surface area contributed by atoms with E-state index in [0.717, 1.165) is 25.8 Å². The Kier molecular flexibility index (Phi) is 8.80. The zero-order valence-electron chi connectivity index (χ0n) is 17.2. The molecule has 2 heterocycles. The molecule has 13 heteroatoms. The van der Waals surface area contributed by atoms with Crippen LogP contribution in [-0.4, -0.2) is 63.1 Å². The molecular weight excluding hydrogens is 430 g/mol. The number of piperidine rings is 1. The molecule has 1 aliphatic carbocycles. The summed E-state index contributed by atoms with van der Waals surface area (Å²) in [6, 6.07) is -0.161. The van der Waals surface area contributed by atoms with Crippen molar-refractivity contribution in [3.8, 4) is 0 Å². The fourth-order valence-electron chi connectivity index (χ4n) is 4.33. The van der Waals surface area contributed by atoms with Crippen LogP contribution in [0.25, 0.3) is 0 Å². The van der Waals surface area contributed by atoms with Crippen molar-refractivity contribution in [2.24, 2.45) is 5.92 Å². The largest absolute Gasteiger partial charge is 0.411 e. The van der Waals surface area contributed by atoms with Crippen LogP contribution in [0.5, 0.6) is 0 Å². The van der Waals surface area contributed by atoms with Crippen molar-refractivity contribution < 1.29 is 31.1 Å². The standard InChI is InChI=1S/C18H32F6N6O/c19-17(20,21)10-31-16-29-14(26-9-13-5-1-2-7-25-13)28-15(30-16)27-12-6-3-4-11(8-12)18(22,23)24/h11-16,25-30H,1-10H2. The van der Waals surface area contributed by atoms with Gasteiger partial charge in [0.25, 0.3) is 0 Å². The summed E-state index contributed by atoms with van der Waals surface area (Å²) in [4.78, 5) is 0. The maximum atomic E-state index is 13.1. The van der Waals surface area contributed by atoms with Crippen LogP contribution in [0.1, 0.15) is 44.9 Å². The molecule has 2 aliphatic heterocycles. The van der Waals surface area contributed by atoms with Gasteiger partial charge in [-0.3, -0.25) is 26.6 Å². The minimum atomic E-state index is -4.49. The van der Waals surface area contributed by atoms with Gasteiger partial charge in [0.15, 0.2) is 6.35 Å². The summed E-state index contributed by atoms with van der Waals surface area (Å²) in [7, 11) is 0. The highest BCUT2D eigenvalue weighted by Gasteiger charge is 2.43. The van der Waals surface area contributed by atoms with Gasteiger partial charge in [-0.1, -0.05) is 12.8 Å². The fourth-order valence-corrected chi connectivity index (χ4v) is 4.33. The van der Waals surface area contributed by atoms with E-state index >= 15 is 0 Å². The molecule has 6 unspecified atom stereocenters. The van der Waals surface area contributed by atoms with Crippen molar-refractivity contribution in [2.75, 3.05) is 19.7 Å². The summed E-state index contributed by atoms with van der Waals surface area (Å²) in [6.07, 6.45) is -6.90. The summed E-state index contributed by atoms with van der Waals surface area (Å²) in [5.41, 5.74) is 0. The Bertz CT molecular complexity index is 545. The van der Waals surface area contributed by atoms with E-state index < -0.39 is 49.9 Å². The second kappa shape index (κ2) is 10.9. The quantitative estimate of drug-likeness (QED) is 0.321. The van der Waals surface area contributed by atoms with Crippen molar-refractivity contribution in [1.82, 2.24) is 31.9 Å². The summed E-state index contributed by atoms with van der Waals surface area (Å²) in [5, 5.41) is 18.4. The molecule has 3 aliphatic rings. The molecule has 182 valence electrons. The van der Waals surface area contributed by atoms with Crippen LogP contribution in [0, 0.1) is 5.92 Å². The molecule has 1 saturated carbocycles. The van der Waals surface area contributed by atoms with Gasteiger partial charge in [-0.15, -0.1) is 0 Å². The van der Waals surface area contributed by atoms with Crippen molar-refractivity contribution in [2.45, 2.75) is 88.3 Å². The molecule has 31 heavy (non-hydrogen) atoms. The lowest BCUT2D eigenvalue weighted by Crippen LogP contribution is -2.76. The highest BCUT2D eigenvalue weighted by atomic mass is 19.4. The number of rotatable bonds is 7. The first kappa shape index (κ1) is 24.9. The molecule has 0 amide bonds. The molecule has 3 rings (SSSR count). The lowest BCUT2D eigenvalue weighted by molar-refractivity contribution is -0.199. The van der Waals surface area contributed by atoms with Crippen molar-refractivity contribution in [3.05, 3.63) is 0 Å². The van der Waals surface area contributed by atoms with Crippen LogP contribution in [0.4, 0.5) is 26.3 Å². The Labute approximate surface area is 177 Å². The lowest BCUT2D eigenvalue weighted by atomic mass is 9.85. The molecule has 7 nitrogen and oxygen atoms in total. The number of hydrogen-bond acceptors (Lipinski definition) is 7. The lowest BCUT2D eigenvalue weighted by Gasteiger charge is -2.42. The first-order chi connectivity index (χ1) is 14.6. The van der Waals surface area contributed by atoms with Gasteiger partial charge in [0.2, 0.25) is 0 Å². The van der Waals surface area contributed by atoms with Gasteiger partial charge in [-0.2, -0.15) is 26.3 Å². The maximum absolute atomic E-state index is 13.1. The molecule has 0 aromatic rings. The van der Waals surface area contributed by atoms with Crippen LogP contribution in [0.2, 0.25) is 0 Å². The minimum Gasteiger partial charge on any atom is -0.340 e. The van der Waals surface area contributed by atoms with Crippen molar-refractivity contribution in [1.29, 1.82) is 0 Å². The topological polar surface area (TPSA) is 81.4 Å². The monoisotopic (exact) mass is 462 g/mol. The number of nitrogens with one attached hydrogen (secondary N) is 6. The van der Waals surface area contributed by atoms with E-state index in [-0.39, 0.29) is 18.9 Å². The van der Waals surface area contributed by atoms with E-state index in [2.05, 4.69) is 31.9 Å². The molecule has 0 radical (unpaired) electrons. The van der Waals surface area contributed by atoms with E-state index in [1.165, 1.54) is 0 Å². The molecule has 6 N–H and O–H groups in total. The Hall–Kier alpha value is -0.700. The molecule has 0 aromatic heterocycles. The smallest absolute Gasteiger partial charge is 0.340 e. The molecule has 0 aromatic carbocycles. The predicted octanol–water partition coefficient (Wildman–Crippen LogP) is 1.64. The van der Waals surface area contributed by atoms with Gasteiger partial charge >= 0.3 is 12.4 Å². The average molecular weight is 462 g/mol. The Morgan fingerprint density at radius 2 is 1.65 bits per heavy atom. The minimum absolute atomic E-state index is 0.0606. The molecule has 6 atom stereocenters. The summed E-state index contributed by atoms with van der Waals surface area (Å²) < 4.78 is 81.9. The molecule has 0 bridgehead atoms. The molecule has 3 fully saturated rings. The van der Waals surface area contributed by atoms with Crippen LogP contribution in [-0.2, 0) is 4.74 Å². The van der Waals surface area contributed by atoms with Gasteiger partial charge in [-0.25, -0.2) is 0 Å². The third-order valence-electron chi connectivity index (χ3n) is 5.90. The summed E-state index contributed by atoms with van der Waals surface area (Å²) >= 11 is 0. The van der Waals surface area contributed by atoms with E-state index in [1.54, 1.807) is 0 Å². The van der Waals surface area contributed by atoms with E-state index in [4.69, 9.17) is 4.74 Å².